The van der Waals surface area contributed by atoms with Gasteiger partial charge in [-0.15, -0.1) is 0 Å². The summed E-state index contributed by atoms with van der Waals surface area (Å²) in [6.45, 7) is -0.0575. The number of carbonyl (C=O) groups is 2. The lowest BCUT2D eigenvalue weighted by Gasteiger charge is -2.24. The maximum Gasteiger partial charge on any atom is 0.323 e. The van der Waals surface area contributed by atoms with Crippen LogP contribution in [0.4, 0.5) is 11.8 Å². The predicted octanol–water partition coefficient (Wildman–Crippen LogP) is -2.12. The quantitative estimate of drug-likeness (QED) is 0.117. The number of amides is 1. The van der Waals surface area contributed by atoms with Crippen molar-refractivity contribution in [2.24, 2.45) is 11.5 Å². The minimum atomic E-state index is -1.15. The highest BCUT2D eigenvalue weighted by Crippen LogP contribution is 2.17. The molecule has 30 heavy (non-hydrogen) atoms. The summed E-state index contributed by atoms with van der Waals surface area (Å²) in [6.07, 6.45) is 3.42. The molecule has 0 aliphatic heterocycles. The van der Waals surface area contributed by atoms with E-state index in [9.17, 15) is 9.59 Å². The van der Waals surface area contributed by atoms with Gasteiger partial charge < -0.3 is 42.8 Å². The van der Waals surface area contributed by atoms with Gasteiger partial charge in [0.15, 0.2) is 17.4 Å². The summed E-state index contributed by atoms with van der Waals surface area (Å²) in [4.78, 5) is 37.1. The number of aromatic nitrogens is 4. The van der Waals surface area contributed by atoms with Crippen LogP contribution in [0.15, 0.2) is 6.33 Å². The highest BCUT2D eigenvalue weighted by molar-refractivity contribution is 5.85. The lowest BCUT2D eigenvalue weighted by Crippen LogP contribution is -2.45. The third-order valence-corrected chi connectivity index (χ3v) is 4.26. The molecule has 0 bridgehead atoms. The Kier molecular flexibility index (Phi) is 7.69. The van der Waals surface area contributed by atoms with E-state index in [0.717, 1.165) is 12.8 Å². The third-order valence-electron chi connectivity index (χ3n) is 4.26. The largest absolute Gasteiger partial charge is 0.480 e. The van der Waals surface area contributed by atoms with Crippen LogP contribution in [0.2, 0.25) is 0 Å². The number of guanidine groups is 1. The third kappa shape index (κ3) is 6.44. The number of nitrogens with one attached hydrogen (secondary N) is 2. The number of carboxylic acids is 1. The highest BCUT2D eigenvalue weighted by Gasteiger charge is 2.21. The summed E-state index contributed by atoms with van der Waals surface area (Å²) in [5, 5.41) is 18.9. The lowest BCUT2D eigenvalue weighted by atomic mass is 10.1. The van der Waals surface area contributed by atoms with E-state index in [1.165, 1.54) is 15.8 Å². The normalized spacial score (nSPS) is 11.9. The molecule has 0 aromatic carbocycles. The molecule has 0 aliphatic carbocycles. The van der Waals surface area contributed by atoms with E-state index in [2.05, 4.69) is 20.3 Å². The lowest BCUT2D eigenvalue weighted by molar-refractivity contribution is -0.144. The van der Waals surface area contributed by atoms with Gasteiger partial charge in [-0.3, -0.25) is 15.0 Å². The van der Waals surface area contributed by atoms with Gasteiger partial charge in [-0.05, 0) is 12.8 Å². The first kappa shape index (κ1) is 22.6. The highest BCUT2D eigenvalue weighted by atomic mass is 16.4. The minimum Gasteiger partial charge on any atom is -0.480 e. The zero-order valence-electron chi connectivity index (χ0n) is 16.4. The topological polar surface area (TPSA) is 241 Å². The first-order valence-electron chi connectivity index (χ1n) is 9.24. The molecular weight excluding hydrogens is 394 g/mol. The van der Waals surface area contributed by atoms with Crippen molar-refractivity contribution in [3.05, 3.63) is 6.33 Å². The van der Waals surface area contributed by atoms with Crippen LogP contribution >= 0.6 is 0 Å². The molecule has 1 amide bonds. The number of anilines is 2. The van der Waals surface area contributed by atoms with Gasteiger partial charge in [0.25, 0.3) is 0 Å². The summed E-state index contributed by atoms with van der Waals surface area (Å²) >= 11 is 0. The molecule has 11 N–H and O–H groups in total. The Hall–Kier alpha value is -3.68. The second-order valence-corrected chi connectivity index (χ2v) is 6.78. The number of imidazole rings is 1. The molecule has 0 saturated heterocycles. The number of nitrogens with zero attached hydrogens (tertiary/aromatic N) is 5. The van der Waals surface area contributed by atoms with E-state index in [4.69, 9.17) is 33.5 Å². The molecule has 2 heterocycles. The molecule has 164 valence electrons. The van der Waals surface area contributed by atoms with Crippen LogP contribution in [-0.4, -0.2) is 73.0 Å². The molecule has 0 radical (unpaired) electrons. The van der Waals surface area contributed by atoms with Gasteiger partial charge in [0.05, 0.1) is 6.33 Å². The fourth-order valence-electron chi connectivity index (χ4n) is 2.89. The molecule has 0 spiro atoms. The first-order valence-corrected chi connectivity index (χ1v) is 9.24. The number of carbonyl (C=O) groups excluding carboxylic acids is 1. The van der Waals surface area contributed by atoms with Gasteiger partial charge in [-0.2, -0.15) is 9.97 Å². The molecule has 14 heteroatoms. The Morgan fingerprint density at radius 1 is 1.30 bits per heavy atom. The summed E-state index contributed by atoms with van der Waals surface area (Å²) < 4.78 is 1.43. The average molecular weight is 421 g/mol. The van der Waals surface area contributed by atoms with E-state index in [1.807, 2.05) is 0 Å². The molecule has 1 atom stereocenters. The summed E-state index contributed by atoms with van der Waals surface area (Å²) in [5.74, 6) is -1.67. The summed E-state index contributed by atoms with van der Waals surface area (Å²) in [6, 6.07) is -0.404. The number of aliphatic carboxylic acids is 1. The van der Waals surface area contributed by atoms with Crippen molar-refractivity contribution >= 4 is 40.8 Å². The van der Waals surface area contributed by atoms with Crippen molar-refractivity contribution in [2.45, 2.75) is 31.8 Å². The molecule has 2 aromatic rings. The Balaban J connectivity index is 2.00. The number of nitrogens with two attached hydrogens (primary N) is 4. The maximum absolute atomic E-state index is 12.8. The van der Waals surface area contributed by atoms with Crippen molar-refractivity contribution in [2.75, 3.05) is 31.1 Å². The molecule has 0 aliphatic rings. The standard InChI is InChI=1S/C16H27N11O3/c17-9(3-1-2-4-22-15(19)20)5-26(7-11(29)30)10(28)6-27-8-23-12-13(18)24-16(21)25-14(12)27/h8-9H,1-7,17H2,(H,29,30)(H4,19,20,22)(H4,18,21,24,25). The zero-order chi connectivity index (χ0) is 22.3. The van der Waals surface area contributed by atoms with Crippen molar-refractivity contribution in [3.63, 3.8) is 0 Å². The maximum atomic E-state index is 12.8. The predicted molar refractivity (Wildman–Crippen MR) is 110 cm³/mol. The van der Waals surface area contributed by atoms with Gasteiger partial charge in [0.1, 0.15) is 18.6 Å². The average Bonchev–Trinajstić information content (AvgIpc) is 3.03. The summed E-state index contributed by atoms with van der Waals surface area (Å²) in [7, 11) is 0. The van der Waals surface area contributed by atoms with Crippen LogP contribution in [-0.2, 0) is 16.1 Å². The van der Waals surface area contributed by atoms with Gasteiger partial charge >= 0.3 is 5.97 Å². The van der Waals surface area contributed by atoms with Crippen LogP contribution in [0.5, 0.6) is 0 Å². The Morgan fingerprint density at radius 3 is 2.70 bits per heavy atom. The Bertz CT molecular complexity index is 913. The fourth-order valence-corrected chi connectivity index (χ4v) is 2.89. The summed E-state index contributed by atoms with van der Waals surface area (Å²) in [5.41, 5.74) is 23.2. The van der Waals surface area contributed by atoms with E-state index in [-0.39, 0.29) is 36.5 Å². The Labute approximate surface area is 172 Å². The van der Waals surface area contributed by atoms with Crippen LogP contribution < -0.4 is 28.3 Å². The minimum absolute atomic E-state index is 0.0575. The molecule has 2 rings (SSSR count). The number of hydrogen-bond donors (Lipinski definition) is 7. The number of rotatable bonds is 11. The SMILES string of the molecule is N=C(N)NCCCCC(N)CN(CC(=O)O)C(=O)Cn1cnc2c(N)nc(N)nc21. The van der Waals surface area contributed by atoms with Crippen LogP contribution in [0.3, 0.4) is 0 Å². The smallest absolute Gasteiger partial charge is 0.323 e. The van der Waals surface area contributed by atoms with E-state index >= 15 is 0 Å². The van der Waals surface area contributed by atoms with E-state index < -0.39 is 24.5 Å². The number of nitrogen functional groups attached to an aromatic ring is 2. The molecular formula is C16H27N11O3. The molecule has 0 fully saturated rings. The van der Waals surface area contributed by atoms with Crippen molar-refractivity contribution < 1.29 is 14.7 Å². The van der Waals surface area contributed by atoms with Crippen LogP contribution in [0, 0.1) is 5.41 Å². The van der Waals surface area contributed by atoms with Gasteiger partial charge in [0.2, 0.25) is 11.9 Å². The Morgan fingerprint density at radius 2 is 2.03 bits per heavy atom. The zero-order valence-corrected chi connectivity index (χ0v) is 16.4. The number of carboxylic acid groups (broad SMARTS) is 1. The molecule has 2 aromatic heterocycles. The molecule has 1 unspecified atom stereocenters. The van der Waals surface area contributed by atoms with Crippen molar-refractivity contribution in [1.29, 1.82) is 5.41 Å². The monoisotopic (exact) mass is 421 g/mol. The van der Waals surface area contributed by atoms with Gasteiger partial charge in [0, 0.05) is 19.1 Å². The molecule has 0 saturated carbocycles. The van der Waals surface area contributed by atoms with Crippen molar-refractivity contribution in [3.8, 4) is 0 Å². The van der Waals surface area contributed by atoms with Crippen molar-refractivity contribution in [1.82, 2.24) is 29.7 Å². The number of unbranched alkanes of at least 4 members (excludes halogenated alkanes) is 1. The second kappa shape index (κ2) is 10.2. The van der Waals surface area contributed by atoms with Crippen LogP contribution in [0.1, 0.15) is 19.3 Å². The first-order chi connectivity index (χ1) is 14.2. The van der Waals surface area contributed by atoms with E-state index in [1.54, 1.807) is 0 Å². The molecule has 14 nitrogen and oxygen atoms in total. The number of fused-ring (bicyclic) bond motifs is 1. The van der Waals surface area contributed by atoms with Crippen LogP contribution in [0.25, 0.3) is 11.2 Å². The van der Waals surface area contributed by atoms with Gasteiger partial charge in [-0.25, -0.2) is 4.98 Å². The van der Waals surface area contributed by atoms with Gasteiger partial charge in [-0.1, -0.05) is 6.42 Å². The fraction of sp³-hybridized carbons (Fsp3) is 0.500. The van der Waals surface area contributed by atoms with E-state index in [0.29, 0.717) is 18.5 Å². The second-order valence-electron chi connectivity index (χ2n) is 6.78. The number of hydrogen-bond acceptors (Lipinski definition) is 9.